The smallest absolute Gasteiger partial charge is 0.224 e. The van der Waals surface area contributed by atoms with Gasteiger partial charge in [-0.25, -0.2) is 0 Å². The Bertz CT molecular complexity index is 426. The molecule has 0 heterocycles. The van der Waals surface area contributed by atoms with Gasteiger partial charge < -0.3 is 10.4 Å². The fourth-order valence-electron chi connectivity index (χ4n) is 1.46. The number of carbonyl (C=O) groups is 1. The van der Waals surface area contributed by atoms with Crippen LogP contribution in [0.3, 0.4) is 0 Å². The molecule has 1 aromatic carbocycles. The van der Waals surface area contributed by atoms with Crippen LogP contribution < -0.4 is 5.32 Å². The molecule has 0 aromatic heterocycles. The summed E-state index contributed by atoms with van der Waals surface area (Å²) < 4.78 is 0. The third-order valence-corrected chi connectivity index (χ3v) is 3.59. The number of aliphatic hydroxyl groups is 1. The van der Waals surface area contributed by atoms with E-state index in [9.17, 15) is 4.79 Å². The quantitative estimate of drug-likeness (QED) is 0.716. The van der Waals surface area contributed by atoms with E-state index in [-0.39, 0.29) is 12.5 Å². The van der Waals surface area contributed by atoms with E-state index in [2.05, 4.69) is 5.32 Å². The van der Waals surface area contributed by atoms with E-state index in [1.807, 2.05) is 6.07 Å². The number of thioether (sulfide) groups is 1. The number of nitrogens with zero attached hydrogens (tertiary/aromatic N) is 1. The summed E-state index contributed by atoms with van der Waals surface area (Å²) >= 11 is 1.76. The molecule has 102 valence electrons. The molecule has 0 atom stereocenters. The summed E-state index contributed by atoms with van der Waals surface area (Å²) in [6.45, 7) is 0.228. The molecule has 0 unspecified atom stereocenters. The SMILES string of the molecule is N#Cc1ccc(NC(=O)CCCSCCCO)cc1. The third kappa shape index (κ3) is 6.85. The van der Waals surface area contributed by atoms with Crippen LogP contribution in [0.25, 0.3) is 0 Å². The van der Waals surface area contributed by atoms with Gasteiger partial charge >= 0.3 is 0 Å². The monoisotopic (exact) mass is 278 g/mol. The Labute approximate surface area is 117 Å². The third-order valence-electron chi connectivity index (χ3n) is 2.44. The van der Waals surface area contributed by atoms with E-state index in [0.29, 0.717) is 12.0 Å². The summed E-state index contributed by atoms with van der Waals surface area (Å²) in [5, 5.41) is 20.1. The molecule has 0 saturated heterocycles. The summed E-state index contributed by atoms with van der Waals surface area (Å²) in [5.74, 6) is 1.86. The molecule has 0 aliphatic rings. The maximum atomic E-state index is 11.6. The van der Waals surface area contributed by atoms with Crippen molar-refractivity contribution in [3.05, 3.63) is 29.8 Å². The number of benzene rings is 1. The fourth-order valence-corrected chi connectivity index (χ4v) is 2.34. The van der Waals surface area contributed by atoms with Crippen LogP contribution in [0.4, 0.5) is 5.69 Å². The molecule has 4 nitrogen and oxygen atoms in total. The summed E-state index contributed by atoms with van der Waals surface area (Å²) in [7, 11) is 0. The molecule has 5 heteroatoms. The molecule has 1 aromatic rings. The zero-order valence-corrected chi connectivity index (χ0v) is 11.6. The molecule has 0 fully saturated rings. The number of rotatable bonds is 8. The fraction of sp³-hybridized carbons (Fsp3) is 0.429. The number of hydrogen-bond donors (Lipinski definition) is 2. The van der Waals surface area contributed by atoms with Crippen LogP contribution in [0.15, 0.2) is 24.3 Å². The molecule has 0 saturated carbocycles. The predicted octanol–water partition coefficient (Wildman–Crippen LogP) is 2.39. The zero-order chi connectivity index (χ0) is 13.9. The van der Waals surface area contributed by atoms with Crippen molar-refractivity contribution in [2.24, 2.45) is 0 Å². The maximum Gasteiger partial charge on any atom is 0.224 e. The minimum absolute atomic E-state index is 0.00698. The van der Waals surface area contributed by atoms with Crippen molar-refractivity contribution in [2.45, 2.75) is 19.3 Å². The number of hydrogen-bond acceptors (Lipinski definition) is 4. The predicted molar refractivity (Wildman–Crippen MR) is 78.0 cm³/mol. The molecule has 19 heavy (non-hydrogen) atoms. The van der Waals surface area contributed by atoms with E-state index in [1.165, 1.54) is 0 Å². The molecule has 0 spiro atoms. The van der Waals surface area contributed by atoms with Gasteiger partial charge in [-0.3, -0.25) is 4.79 Å². The highest BCUT2D eigenvalue weighted by atomic mass is 32.2. The van der Waals surface area contributed by atoms with Crippen molar-refractivity contribution in [3.63, 3.8) is 0 Å². The maximum absolute atomic E-state index is 11.6. The Morgan fingerprint density at radius 2 is 1.95 bits per heavy atom. The molecule has 0 radical (unpaired) electrons. The Morgan fingerprint density at radius 1 is 1.26 bits per heavy atom. The average molecular weight is 278 g/mol. The molecule has 0 aliphatic heterocycles. The van der Waals surface area contributed by atoms with Crippen molar-refractivity contribution in [1.82, 2.24) is 0 Å². The van der Waals surface area contributed by atoms with Gasteiger partial charge in [-0.05, 0) is 48.6 Å². The van der Waals surface area contributed by atoms with Gasteiger partial charge in [0.15, 0.2) is 0 Å². The largest absolute Gasteiger partial charge is 0.396 e. The van der Waals surface area contributed by atoms with Crippen molar-refractivity contribution in [1.29, 1.82) is 5.26 Å². The van der Waals surface area contributed by atoms with E-state index in [1.54, 1.807) is 36.0 Å². The van der Waals surface area contributed by atoms with Gasteiger partial charge in [-0.1, -0.05) is 0 Å². The topological polar surface area (TPSA) is 73.1 Å². The molecular formula is C14H18N2O2S. The number of nitrogens with one attached hydrogen (secondary N) is 1. The van der Waals surface area contributed by atoms with Gasteiger partial charge in [0.05, 0.1) is 11.6 Å². The second-order valence-electron chi connectivity index (χ2n) is 4.03. The number of carbonyl (C=O) groups excluding carboxylic acids is 1. The van der Waals surface area contributed by atoms with Crippen LogP contribution in [0.1, 0.15) is 24.8 Å². The number of anilines is 1. The lowest BCUT2D eigenvalue weighted by atomic mass is 10.2. The van der Waals surface area contributed by atoms with Crippen molar-refractivity contribution < 1.29 is 9.90 Å². The molecule has 1 rings (SSSR count). The Morgan fingerprint density at radius 3 is 2.58 bits per heavy atom. The van der Waals surface area contributed by atoms with Gasteiger partial charge in [-0.2, -0.15) is 17.0 Å². The minimum Gasteiger partial charge on any atom is -0.396 e. The minimum atomic E-state index is -0.00698. The number of aliphatic hydroxyl groups excluding tert-OH is 1. The van der Waals surface area contributed by atoms with Gasteiger partial charge in [-0.15, -0.1) is 0 Å². The van der Waals surface area contributed by atoms with Crippen LogP contribution >= 0.6 is 11.8 Å². The lowest BCUT2D eigenvalue weighted by Gasteiger charge is -2.05. The van der Waals surface area contributed by atoms with Gasteiger partial charge in [0.25, 0.3) is 0 Å². The van der Waals surface area contributed by atoms with Crippen LogP contribution in [0.2, 0.25) is 0 Å². The van der Waals surface area contributed by atoms with E-state index >= 15 is 0 Å². The van der Waals surface area contributed by atoms with Gasteiger partial charge in [0, 0.05) is 18.7 Å². The second kappa shape index (κ2) is 9.42. The first kappa shape index (κ1) is 15.5. The van der Waals surface area contributed by atoms with E-state index < -0.39 is 0 Å². The average Bonchev–Trinajstić information content (AvgIpc) is 2.43. The van der Waals surface area contributed by atoms with Crippen molar-refractivity contribution in [3.8, 4) is 6.07 Å². The van der Waals surface area contributed by atoms with E-state index in [4.69, 9.17) is 10.4 Å². The highest BCUT2D eigenvalue weighted by Gasteiger charge is 2.02. The normalized spacial score (nSPS) is 9.89. The van der Waals surface area contributed by atoms with Gasteiger partial charge in [0.2, 0.25) is 5.91 Å². The molecule has 0 aliphatic carbocycles. The molecule has 1 amide bonds. The molecule has 0 bridgehead atoms. The van der Waals surface area contributed by atoms with Crippen LogP contribution in [0.5, 0.6) is 0 Å². The summed E-state index contributed by atoms with van der Waals surface area (Å²) in [4.78, 5) is 11.6. The lowest BCUT2D eigenvalue weighted by Crippen LogP contribution is -2.11. The standard InChI is InChI=1S/C14H18N2O2S/c15-11-12-4-6-13(7-5-12)16-14(18)3-1-9-19-10-2-8-17/h4-7,17H,1-3,8-10H2,(H,16,18). The highest BCUT2D eigenvalue weighted by molar-refractivity contribution is 7.99. The summed E-state index contributed by atoms with van der Waals surface area (Å²) in [6, 6.07) is 8.85. The second-order valence-corrected chi connectivity index (χ2v) is 5.26. The first-order chi connectivity index (χ1) is 9.26. The van der Waals surface area contributed by atoms with Crippen molar-refractivity contribution in [2.75, 3.05) is 23.4 Å². The summed E-state index contributed by atoms with van der Waals surface area (Å²) in [6.07, 6.45) is 2.13. The number of amides is 1. The molecule has 2 N–H and O–H groups in total. The lowest BCUT2D eigenvalue weighted by molar-refractivity contribution is -0.116. The van der Waals surface area contributed by atoms with Crippen LogP contribution in [-0.4, -0.2) is 29.1 Å². The Kier molecular flexibility index (Phi) is 7.71. The summed E-state index contributed by atoms with van der Waals surface area (Å²) in [5.41, 5.74) is 1.30. The number of nitriles is 1. The van der Waals surface area contributed by atoms with Gasteiger partial charge in [0.1, 0.15) is 0 Å². The zero-order valence-electron chi connectivity index (χ0n) is 10.8. The van der Waals surface area contributed by atoms with Crippen LogP contribution in [0, 0.1) is 11.3 Å². The van der Waals surface area contributed by atoms with E-state index in [0.717, 1.165) is 30.0 Å². The van der Waals surface area contributed by atoms with Crippen LogP contribution in [-0.2, 0) is 4.79 Å². The first-order valence-corrected chi connectivity index (χ1v) is 7.40. The Hall–Kier alpha value is -1.51. The highest BCUT2D eigenvalue weighted by Crippen LogP contribution is 2.11. The van der Waals surface area contributed by atoms with Crippen molar-refractivity contribution >= 4 is 23.4 Å². The Balaban J connectivity index is 2.18. The first-order valence-electron chi connectivity index (χ1n) is 6.25. The molecular weight excluding hydrogens is 260 g/mol.